The predicted molar refractivity (Wildman–Crippen MR) is 85.7 cm³/mol. The first-order valence-corrected chi connectivity index (χ1v) is 7.87. The zero-order valence-electron chi connectivity index (χ0n) is 11.4. The second-order valence-corrected chi connectivity index (χ2v) is 6.47. The smallest absolute Gasteiger partial charge is 0.266 e. The maximum Gasteiger partial charge on any atom is 0.266 e. The lowest BCUT2D eigenvalue weighted by Crippen LogP contribution is -2.42. The van der Waals surface area contributed by atoms with Gasteiger partial charge in [0.1, 0.15) is 9.39 Å². The Bertz CT molecular complexity index is 474. The highest BCUT2D eigenvalue weighted by atomic mass is 127. The molecule has 19 heavy (non-hydrogen) atoms. The number of nitrogens with one attached hydrogen (secondary N) is 2. The average molecular weight is 376 g/mol. The highest BCUT2D eigenvalue weighted by Gasteiger charge is 2.23. The van der Waals surface area contributed by atoms with Gasteiger partial charge in [-0.1, -0.05) is 13.8 Å². The minimum Gasteiger partial charge on any atom is -0.355 e. The van der Waals surface area contributed by atoms with E-state index in [-0.39, 0.29) is 5.56 Å². The lowest BCUT2D eigenvalue weighted by molar-refractivity contribution is 0.378. The Labute approximate surface area is 127 Å². The first-order chi connectivity index (χ1) is 9.08. The third kappa shape index (κ3) is 3.92. The Morgan fingerprint density at radius 3 is 3.16 bits per heavy atom. The van der Waals surface area contributed by atoms with Crippen LogP contribution in [0.1, 0.15) is 26.7 Å². The van der Waals surface area contributed by atoms with Crippen LogP contribution in [0.4, 0.5) is 5.82 Å². The Kier molecular flexibility index (Phi) is 5.20. The summed E-state index contributed by atoms with van der Waals surface area (Å²) >= 11 is 2.08. The maximum absolute atomic E-state index is 11.6. The second-order valence-electron chi connectivity index (χ2n) is 5.39. The number of aromatic amines is 1. The molecular weight excluding hydrogens is 355 g/mol. The second kappa shape index (κ2) is 6.69. The number of nitrogens with zero attached hydrogens (tertiary/aromatic N) is 2. The lowest BCUT2D eigenvalue weighted by Gasteiger charge is -2.34. The predicted octanol–water partition coefficient (Wildman–Crippen LogP) is 1.59. The van der Waals surface area contributed by atoms with E-state index in [2.05, 4.69) is 56.6 Å². The molecule has 2 heterocycles. The molecule has 1 aliphatic rings. The molecule has 0 aromatic carbocycles. The van der Waals surface area contributed by atoms with Crippen LogP contribution in [0.25, 0.3) is 0 Å². The van der Waals surface area contributed by atoms with Crippen LogP contribution in [-0.2, 0) is 0 Å². The van der Waals surface area contributed by atoms with E-state index >= 15 is 0 Å². The van der Waals surface area contributed by atoms with Crippen LogP contribution in [0.2, 0.25) is 0 Å². The van der Waals surface area contributed by atoms with E-state index in [0.717, 1.165) is 31.9 Å². The van der Waals surface area contributed by atoms with Crippen LogP contribution in [-0.4, -0.2) is 35.6 Å². The number of anilines is 1. The van der Waals surface area contributed by atoms with Crippen molar-refractivity contribution in [1.29, 1.82) is 0 Å². The highest BCUT2D eigenvalue weighted by Crippen LogP contribution is 2.23. The molecular formula is C13H21IN4O. The van der Waals surface area contributed by atoms with Gasteiger partial charge in [0.2, 0.25) is 0 Å². The molecule has 0 aliphatic carbocycles. The number of piperidine rings is 1. The summed E-state index contributed by atoms with van der Waals surface area (Å²) in [5.41, 5.74) is -0.0481. The van der Waals surface area contributed by atoms with Gasteiger partial charge in [-0.2, -0.15) is 0 Å². The van der Waals surface area contributed by atoms with Crippen LogP contribution in [0.3, 0.4) is 0 Å². The fraction of sp³-hybridized carbons (Fsp3) is 0.692. The SMILES string of the molecule is CC(C)NCC1CCCN(c2nc[nH]c(=O)c2I)C1. The van der Waals surface area contributed by atoms with Crippen molar-refractivity contribution in [3.8, 4) is 0 Å². The molecule has 1 aliphatic heterocycles. The van der Waals surface area contributed by atoms with Crippen LogP contribution in [0, 0.1) is 9.49 Å². The molecule has 1 aromatic rings. The fourth-order valence-electron chi connectivity index (χ4n) is 2.42. The van der Waals surface area contributed by atoms with Gasteiger partial charge in [-0.05, 0) is 47.9 Å². The molecule has 1 atom stereocenters. The largest absolute Gasteiger partial charge is 0.355 e. The van der Waals surface area contributed by atoms with Gasteiger partial charge in [-0.25, -0.2) is 4.98 Å². The Morgan fingerprint density at radius 2 is 2.42 bits per heavy atom. The molecule has 1 fully saturated rings. The van der Waals surface area contributed by atoms with Crippen LogP contribution in [0.15, 0.2) is 11.1 Å². The van der Waals surface area contributed by atoms with Gasteiger partial charge < -0.3 is 15.2 Å². The Hall–Kier alpha value is -0.630. The van der Waals surface area contributed by atoms with Crippen LogP contribution < -0.4 is 15.8 Å². The first kappa shape index (κ1) is 14.8. The standard InChI is InChI=1S/C13H21IN4O/c1-9(2)15-6-10-4-3-5-18(7-10)12-11(14)13(19)17-8-16-12/h8-10,15H,3-7H2,1-2H3,(H,16,17,19). The van der Waals surface area contributed by atoms with Crippen LogP contribution in [0.5, 0.6) is 0 Å². The van der Waals surface area contributed by atoms with Crippen molar-refractivity contribution in [2.24, 2.45) is 5.92 Å². The summed E-state index contributed by atoms with van der Waals surface area (Å²) < 4.78 is 0.692. The summed E-state index contributed by atoms with van der Waals surface area (Å²) in [7, 11) is 0. The zero-order chi connectivity index (χ0) is 13.8. The van der Waals surface area contributed by atoms with E-state index in [1.54, 1.807) is 0 Å². The third-order valence-corrected chi connectivity index (χ3v) is 4.38. The van der Waals surface area contributed by atoms with Gasteiger partial charge in [0.25, 0.3) is 5.56 Å². The normalized spacial score (nSPS) is 20.0. The van der Waals surface area contributed by atoms with Crippen molar-refractivity contribution in [3.63, 3.8) is 0 Å². The number of rotatable bonds is 4. The molecule has 5 nitrogen and oxygen atoms in total. The van der Waals surface area contributed by atoms with Gasteiger partial charge in [0.15, 0.2) is 0 Å². The molecule has 106 valence electrons. The van der Waals surface area contributed by atoms with Crippen molar-refractivity contribution in [3.05, 3.63) is 20.3 Å². The molecule has 2 N–H and O–H groups in total. The molecule has 6 heteroatoms. The molecule has 0 radical (unpaired) electrons. The van der Waals surface area contributed by atoms with E-state index in [1.807, 2.05) is 0 Å². The van der Waals surface area contributed by atoms with E-state index in [0.29, 0.717) is 15.5 Å². The third-order valence-electron chi connectivity index (χ3n) is 3.41. The van der Waals surface area contributed by atoms with Gasteiger partial charge in [0, 0.05) is 19.1 Å². The van der Waals surface area contributed by atoms with E-state index < -0.39 is 0 Å². The summed E-state index contributed by atoms with van der Waals surface area (Å²) in [6.45, 7) is 7.34. The number of aromatic nitrogens is 2. The molecule has 1 aromatic heterocycles. The van der Waals surface area contributed by atoms with Gasteiger partial charge in [0.05, 0.1) is 6.33 Å². The van der Waals surface area contributed by atoms with Gasteiger partial charge >= 0.3 is 0 Å². The van der Waals surface area contributed by atoms with E-state index in [9.17, 15) is 4.79 Å². The van der Waals surface area contributed by atoms with Crippen molar-refractivity contribution >= 4 is 28.4 Å². The molecule has 0 saturated carbocycles. The van der Waals surface area contributed by atoms with E-state index in [4.69, 9.17) is 0 Å². The molecule has 0 spiro atoms. The monoisotopic (exact) mass is 376 g/mol. The fourth-order valence-corrected chi connectivity index (χ4v) is 3.06. The van der Waals surface area contributed by atoms with Crippen molar-refractivity contribution in [2.45, 2.75) is 32.7 Å². The summed E-state index contributed by atoms with van der Waals surface area (Å²) in [6.07, 6.45) is 3.90. The van der Waals surface area contributed by atoms with Crippen molar-refractivity contribution in [1.82, 2.24) is 15.3 Å². The lowest BCUT2D eigenvalue weighted by atomic mass is 9.98. The summed E-state index contributed by atoms with van der Waals surface area (Å²) in [6, 6.07) is 0.521. The minimum absolute atomic E-state index is 0.0481. The zero-order valence-corrected chi connectivity index (χ0v) is 13.6. The summed E-state index contributed by atoms with van der Waals surface area (Å²) in [5, 5.41) is 3.50. The van der Waals surface area contributed by atoms with Crippen LogP contribution >= 0.6 is 22.6 Å². The van der Waals surface area contributed by atoms with Gasteiger partial charge in [-0.3, -0.25) is 4.79 Å². The Morgan fingerprint density at radius 1 is 1.63 bits per heavy atom. The number of halogens is 1. The summed E-state index contributed by atoms with van der Waals surface area (Å²) in [5.74, 6) is 1.46. The number of hydrogen-bond donors (Lipinski definition) is 2. The highest BCUT2D eigenvalue weighted by molar-refractivity contribution is 14.1. The average Bonchev–Trinajstić information content (AvgIpc) is 2.40. The summed E-state index contributed by atoms with van der Waals surface area (Å²) in [4.78, 5) is 20.8. The Balaban J connectivity index is 2.04. The quantitative estimate of drug-likeness (QED) is 0.784. The molecule has 2 rings (SSSR count). The van der Waals surface area contributed by atoms with Gasteiger partial charge in [-0.15, -0.1) is 0 Å². The number of hydrogen-bond acceptors (Lipinski definition) is 4. The molecule has 0 amide bonds. The van der Waals surface area contributed by atoms with Crippen molar-refractivity contribution < 1.29 is 0 Å². The topological polar surface area (TPSA) is 61.0 Å². The molecule has 1 unspecified atom stereocenters. The molecule has 0 bridgehead atoms. The first-order valence-electron chi connectivity index (χ1n) is 6.79. The molecule has 1 saturated heterocycles. The minimum atomic E-state index is -0.0481. The number of H-pyrrole nitrogens is 1. The van der Waals surface area contributed by atoms with E-state index in [1.165, 1.54) is 12.7 Å². The maximum atomic E-state index is 11.6. The van der Waals surface area contributed by atoms with Crippen molar-refractivity contribution in [2.75, 3.05) is 24.5 Å².